The van der Waals surface area contributed by atoms with E-state index < -0.39 is 4.92 Å². The van der Waals surface area contributed by atoms with Gasteiger partial charge in [0.05, 0.1) is 12.0 Å². The Morgan fingerprint density at radius 1 is 1.32 bits per heavy atom. The molecule has 1 heterocycles. The van der Waals surface area contributed by atoms with Crippen LogP contribution in [0.1, 0.15) is 5.56 Å². The lowest BCUT2D eigenvalue weighted by Crippen LogP contribution is -2.43. The number of methoxy groups -OCH3 is 1. The third kappa shape index (κ3) is 3.42. The summed E-state index contributed by atoms with van der Waals surface area (Å²) in [4.78, 5) is 15.2. The van der Waals surface area contributed by atoms with Gasteiger partial charge in [-0.25, -0.2) is 0 Å². The van der Waals surface area contributed by atoms with E-state index in [9.17, 15) is 10.1 Å². The molecule has 1 aromatic rings. The molecule has 0 atom stereocenters. The third-order valence-electron chi connectivity index (χ3n) is 3.44. The molecule has 1 fully saturated rings. The fourth-order valence-corrected chi connectivity index (χ4v) is 2.24. The fourth-order valence-electron chi connectivity index (χ4n) is 2.24. The Balaban J connectivity index is 2.08. The van der Waals surface area contributed by atoms with E-state index in [2.05, 4.69) is 16.8 Å². The number of benzene rings is 1. The highest BCUT2D eigenvalue weighted by Crippen LogP contribution is 2.28. The monoisotopic (exact) mass is 265 g/mol. The molecular formula is C13H19N3O3. The van der Waals surface area contributed by atoms with Crippen molar-refractivity contribution in [2.45, 2.75) is 6.54 Å². The largest absolute Gasteiger partial charge is 0.490 e. The van der Waals surface area contributed by atoms with Crippen molar-refractivity contribution in [1.29, 1.82) is 0 Å². The standard InChI is InChI=1S/C13H19N3O3/c1-14-5-7-15(8-6-14)10-11-3-4-13(19-2)12(9-11)16(17)18/h3-4,9H,5-8,10H2,1-2H3. The summed E-state index contributed by atoms with van der Waals surface area (Å²) in [5.74, 6) is 0.312. The predicted octanol–water partition coefficient (Wildman–Crippen LogP) is 1.35. The number of nitrogens with zero attached hydrogens (tertiary/aromatic N) is 3. The third-order valence-corrected chi connectivity index (χ3v) is 3.44. The van der Waals surface area contributed by atoms with E-state index in [1.165, 1.54) is 7.11 Å². The first kappa shape index (κ1) is 13.8. The van der Waals surface area contributed by atoms with Crippen LogP contribution in [0.25, 0.3) is 0 Å². The molecule has 6 heteroatoms. The molecule has 1 aliphatic rings. The normalized spacial score (nSPS) is 17.4. The van der Waals surface area contributed by atoms with Crippen molar-refractivity contribution < 1.29 is 9.66 Å². The van der Waals surface area contributed by atoms with Crippen molar-refractivity contribution in [3.05, 3.63) is 33.9 Å². The molecule has 19 heavy (non-hydrogen) atoms. The Morgan fingerprint density at radius 2 is 2.00 bits per heavy atom. The van der Waals surface area contributed by atoms with Gasteiger partial charge in [0, 0.05) is 38.8 Å². The van der Waals surface area contributed by atoms with Crippen molar-refractivity contribution in [1.82, 2.24) is 9.80 Å². The number of likely N-dealkylation sites (N-methyl/N-ethyl adjacent to an activating group) is 1. The SMILES string of the molecule is COc1ccc(CN2CCN(C)CC2)cc1[N+](=O)[O-]. The summed E-state index contributed by atoms with van der Waals surface area (Å²) < 4.78 is 5.00. The minimum Gasteiger partial charge on any atom is -0.490 e. The van der Waals surface area contributed by atoms with Crippen LogP contribution in [-0.2, 0) is 6.54 Å². The van der Waals surface area contributed by atoms with Crippen molar-refractivity contribution in [3.63, 3.8) is 0 Å². The highest BCUT2D eigenvalue weighted by molar-refractivity contribution is 5.48. The second-order valence-corrected chi connectivity index (χ2v) is 4.84. The van der Waals surface area contributed by atoms with Gasteiger partial charge in [-0.1, -0.05) is 6.07 Å². The van der Waals surface area contributed by atoms with Crippen molar-refractivity contribution in [2.24, 2.45) is 0 Å². The zero-order valence-electron chi connectivity index (χ0n) is 11.3. The van der Waals surface area contributed by atoms with Crippen LogP contribution in [0.2, 0.25) is 0 Å². The molecule has 104 valence electrons. The van der Waals surface area contributed by atoms with Gasteiger partial charge in [0.15, 0.2) is 5.75 Å². The molecule has 0 N–H and O–H groups in total. The number of ether oxygens (including phenoxy) is 1. The van der Waals surface area contributed by atoms with Crippen LogP contribution in [0.3, 0.4) is 0 Å². The van der Waals surface area contributed by atoms with Crippen LogP contribution < -0.4 is 4.74 Å². The second kappa shape index (κ2) is 5.99. The maximum Gasteiger partial charge on any atom is 0.311 e. The summed E-state index contributed by atoms with van der Waals surface area (Å²) in [5.41, 5.74) is 0.992. The molecule has 0 aromatic heterocycles. The Bertz CT molecular complexity index is 456. The number of piperazine rings is 1. The number of rotatable bonds is 4. The Morgan fingerprint density at radius 3 is 2.58 bits per heavy atom. The molecule has 0 spiro atoms. The number of nitro benzene ring substituents is 1. The lowest BCUT2D eigenvalue weighted by atomic mass is 10.1. The molecule has 0 amide bonds. The van der Waals surface area contributed by atoms with E-state index >= 15 is 0 Å². The van der Waals surface area contributed by atoms with Crippen molar-refractivity contribution in [3.8, 4) is 5.75 Å². The first-order valence-electron chi connectivity index (χ1n) is 6.32. The van der Waals surface area contributed by atoms with Gasteiger partial charge in [-0.15, -0.1) is 0 Å². The van der Waals surface area contributed by atoms with Crippen LogP contribution in [0, 0.1) is 10.1 Å². The summed E-state index contributed by atoms with van der Waals surface area (Å²) in [5, 5.41) is 11.0. The van der Waals surface area contributed by atoms with E-state index in [0.717, 1.165) is 38.3 Å². The minimum atomic E-state index is -0.397. The molecule has 1 aromatic carbocycles. The number of hydrogen-bond donors (Lipinski definition) is 0. The zero-order valence-corrected chi connectivity index (χ0v) is 11.3. The van der Waals surface area contributed by atoms with Gasteiger partial charge >= 0.3 is 5.69 Å². The van der Waals surface area contributed by atoms with E-state index in [1.807, 2.05) is 6.07 Å². The van der Waals surface area contributed by atoms with Gasteiger partial charge in [0.2, 0.25) is 0 Å². The van der Waals surface area contributed by atoms with E-state index in [-0.39, 0.29) is 5.69 Å². The Kier molecular flexibility index (Phi) is 4.34. The summed E-state index contributed by atoms with van der Waals surface area (Å²) in [6.07, 6.45) is 0. The predicted molar refractivity (Wildman–Crippen MR) is 72.4 cm³/mol. The average Bonchev–Trinajstić information content (AvgIpc) is 2.41. The van der Waals surface area contributed by atoms with E-state index in [4.69, 9.17) is 4.74 Å². The van der Waals surface area contributed by atoms with Crippen LogP contribution in [0.4, 0.5) is 5.69 Å². The molecule has 6 nitrogen and oxygen atoms in total. The highest BCUT2D eigenvalue weighted by Gasteiger charge is 2.18. The smallest absolute Gasteiger partial charge is 0.311 e. The Hall–Kier alpha value is -1.66. The quantitative estimate of drug-likeness (QED) is 0.607. The van der Waals surface area contributed by atoms with Gasteiger partial charge in [-0.05, 0) is 18.7 Å². The van der Waals surface area contributed by atoms with Gasteiger partial charge in [0.25, 0.3) is 0 Å². The maximum absolute atomic E-state index is 11.0. The molecule has 1 saturated heterocycles. The molecule has 2 rings (SSSR count). The molecule has 1 aliphatic heterocycles. The molecule has 0 radical (unpaired) electrons. The number of hydrogen-bond acceptors (Lipinski definition) is 5. The second-order valence-electron chi connectivity index (χ2n) is 4.84. The minimum absolute atomic E-state index is 0.0362. The van der Waals surface area contributed by atoms with Crippen LogP contribution in [-0.4, -0.2) is 55.1 Å². The first-order valence-corrected chi connectivity index (χ1v) is 6.32. The lowest BCUT2D eigenvalue weighted by molar-refractivity contribution is -0.385. The highest BCUT2D eigenvalue weighted by atomic mass is 16.6. The molecule has 0 bridgehead atoms. The lowest BCUT2D eigenvalue weighted by Gasteiger charge is -2.32. The zero-order chi connectivity index (χ0) is 13.8. The molecule has 0 aliphatic carbocycles. The van der Waals surface area contributed by atoms with Crippen LogP contribution in [0.5, 0.6) is 5.75 Å². The Labute approximate surface area is 112 Å². The fraction of sp³-hybridized carbons (Fsp3) is 0.538. The topological polar surface area (TPSA) is 58.8 Å². The van der Waals surface area contributed by atoms with Gasteiger partial charge < -0.3 is 9.64 Å². The molecular weight excluding hydrogens is 246 g/mol. The van der Waals surface area contributed by atoms with Crippen molar-refractivity contribution in [2.75, 3.05) is 40.3 Å². The van der Waals surface area contributed by atoms with Crippen molar-refractivity contribution >= 4 is 5.69 Å². The summed E-state index contributed by atoms with van der Waals surface area (Å²) >= 11 is 0. The van der Waals surface area contributed by atoms with Gasteiger partial charge in [-0.3, -0.25) is 15.0 Å². The van der Waals surface area contributed by atoms with Gasteiger partial charge in [-0.2, -0.15) is 0 Å². The van der Waals surface area contributed by atoms with Crippen LogP contribution in [0.15, 0.2) is 18.2 Å². The maximum atomic E-state index is 11.0. The summed E-state index contributed by atoms with van der Waals surface area (Å²) in [6, 6.07) is 5.17. The summed E-state index contributed by atoms with van der Waals surface area (Å²) in [7, 11) is 3.55. The van der Waals surface area contributed by atoms with E-state index in [1.54, 1.807) is 12.1 Å². The summed E-state index contributed by atoms with van der Waals surface area (Å²) in [6.45, 7) is 4.82. The average molecular weight is 265 g/mol. The van der Waals surface area contributed by atoms with Crippen LogP contribution >= 0.6 is 0 Å². The van der Waals surface area contributed by atoms with Gasteiger partial charge in [0.1, 0.15) is 0 Å². The molecule has 0 saturated carbocycles. The van der Waals surface area contributed by atoms with E-state index in [0.29, 0.717) is 5.75 Å². The molecule has 0 unspecified atom stereocenters. The first-order chi connectivity index (χ1) is 9.10. The number of nitro groups is 1.